The Kier molecular flexibility index (Phi) is 5.52. The van der Waals surface area contributed by atoms with E-state index in [2.05, 4.69) is 4.98 Å². The largest absolute Gasteiger partial charge is 0.383 e. The second-order valence-corrected chi connectivity index (χ2v) is 5.63. The molecule has 2 rings (SSSR count). The third-order valence-electron chi connectivity index (χ3n) is 2.72. The molecule has 1 amide bonds. The molecule has 0 spiro atoms. The molecule has 0 aliphatic rings. The van der Waals surface area contributed by atoms with Crippen molar-refractivity contribution in [2.24, 2.45) is 0 Å². The van der Waals surface area contributed by atoms with E-state index in [1.165, 1.54) is 6.20 Å². The van der Waals surface area contributed by atoms with Gasteiger partial charge in [0.2, 0.25) is 0 Å². The predicted octanol–water partition coefficient (Wildman–Crippen LogP) is 3.09. The summed E-state index contributed by atoms with van der Waals surface area (Å²) in [6, 6.07) is 7.20. The standard InChI is InChI=1S/C14H15ClN2O2S/c1-19-7-6-17(10-12-3-2-8-20-12)14(18)13-9-11(15)4-5-16-13/h2-5,8-9H,6-7,10H2,1H3. The van der Waals surface area contributed by atoms with Gasteiger partial charge >= 0.3 is 0 Å². The molecule has 0 radical (unpaired) electrons. The molecule has 0 aliphatic carbocycles. The maximum absolute atomic E-state index is 12.5. The Labute approximate surface area is 127 Å². The lowest BCUT2D eigenvalue weighted by Crippen LogP contribution is -2.33. The molecule has 0 bridgehead atoms. The van der Waals surface area contributed by atoms with Crippen LogP contribution in [-0.2, 0) is 11.3 Å². The Hall–Kier alpha value is -1.43. The Bertz CT molecular complexity index is 560. The van der Waals surface area contributed by atoms with Crippen LogP contribution in [0.5, 0.6) is 0 Å². The van der Waals surface area contributed by atoms with Crippen molar-refractivity contribution in [2.45, 2.75) is 6.54 Å². The van der Waals surface area contributed by atoms with Gasteiger partial charge in [0.25, 0.3) is 5.91 Å². The molecule has 4 nitrogen and oxygen atoms in total. The summed E-state index contributed by atoms with van der Waals surface area (Å²) in [5, 5.41) is 2.50. The molecule has 0 saturated heterocycles. The fourth-order valence-corrected chi connectivity index (χ4v) is 2.61. The number of hydrogen-bond donors (Lipinski definition) is 0. The number of pyridine rings is 1. The maximum Gasteiger partial charge on any atom is 0.272 e. The van der Waals surface area contributed by atoms with Gasteiger partial charge in [-0.25, -0.2) is 0 Å². The average Bonchev–Trinajstić information content (AvgIpc) is 2.95. The van der Waals surface area contributed by atoms with Crippen LogP contribution in [0.25, 0.3) is 0 Å². The Morgan fingerprint density at radius 2 is 2.35 bits per heavy atom. The first-order chi connectivity index (χ1) is 9.70. The van der Waals surface area contributed by atoms with Crippen molar-refractivity contribution in [1.82, 2.24) is 9.88 Å². The molecular formula is C14H15ClN2O2S. The van der Waals surface area contributed by atoms with Gasteiger partial charge in [0.1, 0.15) is 5.69 Å². The van der Waals surface area contributed by atoms with E-state index in [1.54, 1.807) is 35.5 Å². The molecule has 20 heavy (non-hydrogen) atoms. The molecule has 0 fully saturated rings. The molecule has 2 aromatic rings. The molecule has 0 unspecified atom stereocenters. The SMILES string of the molecule is COCCN(Cc1cccs1)C(=O)c1cc(Cl)ccn1. The number of nitrogens with zero attached hydrogens (tertiary/aromatic N) is 2. The molecule has 2 heterocycles. The van der Waals surface area contributed by atoms with Crippen LogP contribution in [0, 0.1) is 0 Å². The Morgan fingerprint density at radius 3 is 3.00 bits per heavy atom. The Balaban J connectivity index is 2.14. The van der Waals surface area contributed by atoms with Gasteiger partial charge in [-0.3, -0.25) is 9.78 Å². The molecule has 6 heteroatoms. The minimum Gasteiger partial charge on any atom is -0.383 e. The number of hydrogen-bond acceptors (Lipinski definition) is 4. The van der Waals surface area contributed by atoms with Crippen LogP contribution in [0.15, 0.2) is 35.8 Å². The van der Waals surface area contributed by atoms with E-state index < -0.39 is 0 Å². The summed E-state index contributed by atoms with van der Waals surface area (Å²) in [4.78, 5) is 19.4. The minimum absolute atomic E-state index is 0.141. The predicted molar refractivity (Wildman–Crippen MR) is 80.2 cm³/mol. The van der Waals surface area contributed by atoms with Crippen molar-refractivity contribution in [2.75, 3.05) is 20.3 Å². The van der Waals surface area contributed by atoms with E-state index in [0.29, 0.717) is 30.4 Å². The smallest absolute Gasteiger partial charge is 0.272 e. The first-order valence-electron chi connectivity index (χ1n) is 6.13. The van der Waals surface area contributed by atoms with Gasteiger partial charge in [-0.2, -0.15) is 0 Å². The highest BCUT2D eigenvalue weighted by molar-refractivity contribution is 7.09. The lowest BCUT2D eigenvalue weighted by atomic mass is 10.3. The number of aromatic nitrogens is 1. The van der Waals surface area contributed by atoms with Crippen molar-refractivity contribution in [1.29, 1.82) is 0 Å². The lowest BCUT2D eigenvalue weighted by Gasteiger charge is -2.21. The van der Waals surface area contributed by atoms with Crippen LogP contribution in [0.4, 0.5) is 0 Å². The van der Waals surface area contributed by atoms with Gasteiger partial charge in [-0.15, -0.1) is 11.3 Å². The van der Waals surface area contributed by atoms with Gasteiger partial charge in [0.05, 0.1) is 13.2 Å². The molecule has 0 saturated carbocycles. The lowest BCUT2D eigenvalue weighted by molar-refractivity contribution is 0.0676. The van der Waals surface area contributed by atoms with Crippen LogP contribution in [-0.4, -0.2) is 36.1 Å². The fraction of sp³-hybridized carbons (Fsp3) is 0.286. The van der Waals surface area contributed by atoms with E-state index in [-0.39, 0.29) is 5.91 Å². The molecule has 0 aromatic carbocycles. The van der Waals surface area contributed by atoms with E-state index in [9.17, 15) is 4.79 Å². The van der Waals surface area contributed by atoms with Gasteiger partial charge in [0, 0.05) is 29.8 Å². The second-order valence-electron chi connectivity index (χ2n) is 4.16. The second kappa shape index (κ2) is 7.38. The molecule has 0 aliphatic heterocycles. The summed E-state index contributed by atoms with van der Waals surface area (Å²) in [7, 11) is 1.62. The van der Waals surface area contributed by atoms with Crippen molar-refractivity contribution in [3.63, 3.8) is 0 Å². The zero-order chi connectivity index (χ0) is 14.4. The number of carbonyl (C=O) groups excluding carboxylic acids is 1. The molecule has 106 valence electrons. The zero-order valence-corrected chi connectivity index (χ0v) is 12.7. The maximum atomic E-state index is 12.5. The number of carbonyl (C=O) groups is 1. The highest BCUT2D eigenvalue weighted by atomic mass is 35.5. The quantitative estimate of drug-likeness (QED) is 0.823. The van der Waals surface area contributed by atoms with Crippen LogP contribution in [0.3, 0.4) is 0 Å². The van der Waals surface area contributed by atoms with Gasteiger partial charge in [-0.05, 0) is 23.6 Å². The van der Waals surface area contributed by atoms with Crippen LogP contribution >= 0.6 is 22.9 Å². The van der Waals surface area contributed by atoms with Crippen molar-refractivity contribution in [3.8, 4) is 0 Å². The normalized spacial score (nSPS) is 10.5. The van der Waals surface area contributed by atoms with Gasteiger partial charge < -0.3 is 9.64 Å². The van der Waals surface area contributed by atoms with Crippen molar-refractivity contribution >= 4 is 28.8 Å². The summed E-state index contributed by atoms with van der Waals surface area (Å²) in [6.45, 7) is 1.55. The molecule has 0 N–H and O–H groups in total. The van der Waals surface area contributed by atoms with Crippen molar-refractivity contribution < 1.29 is 9.53 Å². The van der Waals surface area contributed by atoms with Crippen LogP contribution in [0.1, 0.15) is 15.4 Å². The highest BCUT2D eigenvalue weighted by Crippen LogP contribution is 2.15. The van der Waals surface area contributed by atoms with Gasteiger partial charge in [0.15, 0.2) is 0 Å². The number of methoxy groups -OCH3 is 1. The molecule has 0 atom stereocenters. The van der Waals surface area contributed by atoms with E-state index in [1.807, 2.05) is 17.5 Å². The van der Waals surface area contributed by atoms with Crippen molar-refractivity contribution in [3.05, 3.63) is 51.4 Å². The van der Waals surface area contributed by atoms with Crippen LogP contribution < -0.4 is 0 Å². The number of amides is 1. The minimum atomic E-state index is -0.141. The monoisotopic (exact) mass is 310 g/mol. The topological polar surface area (TPSA) is 42.4 Å². The zero-order valence-electron chi connectivity index (χ0n) is 11.1. The number of ether oxygens (including phenoxy) is 1. The third-order valence-corrected chi connectivity index (χ3v) is 3.82. The van der Waals surface area contributed by atoms with Gasteiger partial charge in [-0.1, -0.05) is 17.7 Å². The first kappa shape index (κ1) is 15.0. The summed E-state index contributed by atoms with van der Waals surface area (Å²) in [6.07, 6.45) is 1.54. The third kappa shape index (κ3) is 4.03. The molecular weight excluding hydrogens is 296 g/mol. The number of thiophene rings is 1. The number of rotatable bonds is 6. The van der Waals surface area contributed by atoms with E-state index >= 15 is 0 Å². The summed E-state index contributed by atoms with van der Waals surface area (Å²) >= 11 is 7.53. The Morgan fingerprint density at radius 1 is 1.50 bits per heavy atom. The summed E-state index contributed by atoms with van der Waals surface area (Å²) in [5.41, 5.74) is 0.352. The highest BCUT2D eigenvalue weighted by Gasteiger charge is 2.17. The first-order valence-corrected chi connectivity index (χ1v) is 7.38. The van der Waals surface area contributed by atoms with E-state index in [0.717, 1.165) is 4.88 Å². The molecule has 2 aromatic heterocycles. The number of halogens is 1. The average molecular weight is 311 g/mol. The van der Waals surface area contributed by atoms with E-state index in [4.69, 9.17) is 16.3 Å². The summed E-state index contributed by atoms with van der Waals surface area (Å²) < 4.78 is 5.06. The fourth-order valence-electron chi connectivity index (χ4n) is 1.73. The summed E-state index contributed by atoms with van der Waals surface area (Å²) in [5.74, 6) is -0.141. The van der Waals surface area contributed by atoms with Crippen LogP contribution in [0.2, 0.25) is 5.02 Å².